The lowest BCUT2D eigenvalue weighted by atomic mass is 9.99. The van der Waals surface area contributed by atoms with Crippen LogP contribution in [0.25, 0.3) is 22.6 Å². The number of carbonyl (C=O) groups is 1. The van der Waals surface area contributed by atoms with Crippen LogP contribution in [0.3, 0.4) is 0 Å². The third kappa shape index (κ3) is 2.96. The number of hydrogen-bond donors (Lipinski definition) is 1. The Hall–Kier alpha value is -3.74. The smallest absolute Gasteiger partial charge is 0.271 e. The number of nitrogens with one attached hydrogen (secondary N) is 1. The molecule has 0 aliphatic carbocycles. The average molecular weight is 371 g/mol. The van der Waals surface area contributed by atoms with Crippen LogP contribution >= 0.6 is 0 Å². The largest absolute Gasteiger partial charge is 0.339 e. The predicted octanol–water partition coefficient (Wildman–Crippen LogP) is 3.37. The van der Waals surface area contributed by atoms with E-state index < -0.39 is 0 Å². The molecule has 0 atom stereocenters. The minimum absolute atomic E-state index is 0.0606. The first kappa shape index (κ1) is 16.4. The normalized spacial score (nSPS) is 14.1. The molecule has 2 aromatic carbocycles. The van der Waals surface area contributed by atoms with Crippen LogP contribution in [0.5, 0.6) is 0 Å². The number of likely N-dealkylation sites (tertiary alicyclic amines) is 1. The summed E-state index contributed by atoms with van der Waals surface area (Å²) in [5.41, 5.74) is 3.12. The van der Waals surface area contributed by atoms with Gasteiger partial charge in [-0.1, -0.05) is 65.8 Å². The summed E-state index contributed by atoms with van der Waals surface area (Å²) >= 11 is 0. The summed E-state index contributed by atoms with van der Waals surface area (Å²) < 4.78 is 5.40. The van der Waals surface area contributed by atoms with Crippen LogP contribution in [0.4, 0.5) is 0 Å². The van der Waals surface area contributed by atoms with Crippen molar-refractivity contribution in [3.8, 4) is 22.6 Å². The van der Waals surface area contributed by atoms with E-state index in [1.165, 1.54) is 0 Å². The molecule has 28 heavy (non-hydrogen) atoms. The molecule has 0 unspecified atom stereocenters. The number of amides is 1. The fraction of sp³-hybridized carbons (Fsp3) is 0.143. The van der Waals surface area contributed by atoms with Gasteiger partial charge in [-0.2, -0.15) is 10.1 Å². The number of benzene rings is 2. The molecule has 0 spiro atoms. The zero-order valence-corrected chi connectivity index (χ0v) is 14.9. The van der Waals surface area contributed by atoms with Gasteiger partial charge < -0.3 is 9.42 Å². The number of carbonyl (C=O) groups excluding carboxylic acids is 1. The standard InChI is InChI=1S/C21H17N5O2/c27-21(18-11-17(23-24-18)14-7-3-1-4-8-14)26-12-16(13-26)20-22-19(25-28-20)15-9-5-2-6-10-15/h1-11,16H,12-13H2,(H,23,24). The molecule has 4 aromatic rings. The van der Waals surface area contributed by atoms with Gasteiger partial charge in [0.15, 0.2) is 0 Å². The summed E-state index contributed by atoms with van der Waals surface area (Å²) in [4.78, 5) is 18.9. The monoisotopic (exact) mass is 371 g/mol. The van der Waals surface area contributed by atoms with Crippen molar-refractivity contribution >= 4 is 5.91 Å². The first-order valence-corrected chi connectivity index (χ1v) is 9.07. The first-order chi connectivity index (χ1) is 13.8. The molecule has 3 heterocycles. The fourth-order valence-corrected chi connectivity index (χ4v) is 3.26. The van der Waals surface area contributed by atoms with Gasteiger partial charge in [-0.25, -0.2) is 0 Å². The Morgan fingerprint density at radius 1 is 1.00 bits per heavy atom. The van der Waals surface area contributed by atoms with Crippen LogP contribution in [0.2, 0.25) is 0 Å². The van der Waals surface area contributed by atoms with Crippen LogP contribution in [-0.4, -0.2) is 44.2 Å². The highest BCUT2D eigenvalue weighted by Gasteiger charge is 2.36. The Kier molecular flexibility index (Phi) is 3.97. The van der Waals surface area contributed by atoms with Crippen molar-refractivity contribution in [1.82, 2.24) is 25.2 Å². The molecule has 0 radical (unpaired) electrons. The molecular formula is C21H17N5O2. The number of nitrogens with zero attached hydrogens (tertiary/aromatic N) is 4. The van der Waals surface area contributed by atoms with E-state index in [1.54, 1.807) is 11.0 Å². The molecule has 138 valence electrons. The minimum Gasteiger partial charge on any atom is -0.339 e. The van der Waals surface area contributed by atoms with Gasteiger partial charge in [0.05, 0.1) is 11.6 Å². The molecule has 1 aliphatic heterocycles. The SMILES string of the molecule is O=C(c1cc(-c2ccccc2)n[nH]1)N1CC(c2nc(-c3ccccc3)no2)C1. The Morgan fingerprint density at radius 3 is 2.39 bits per heavy atom. The van der Waals surface area contributed by atoms with E-state index in [1.807, 2.05) is 60.7 Å². The van der Waals surface area contributed by atoms with Crippen LogP contribution in [0.1, 0.15) is 22.3 Å². The zero-order valence-electron chi connectivity index (χ0n) is 14.9. The molecule has 7 nitrogen and oxygen atoms in total. The highest BCUT2D eigenvalue weighted by atomic mass is 16.5. The van der Waals surface area contributed by atoms with Gasteiger partial charge in [0, 0.05) is 24.2 Å². The van der Waals surface area contributed by atoms with Gasteiger partial charge in [0.1, 0.15) is 5.69 Å². The van der Waals surface area contributed by atoms with Crippen molar-refractivity contribution in [3.05, 3.63) is 78.3 Å². The highest BCUT2D eigenvalue weighted by molar-refractivity contribution is 5.94. The van der Waals surface area contributed by atoms with Crippen molar-refractivity contribution in [3.63, 3.8) is 0 Å². The van der Waals surface area contributed by atoms with Gasteiger partial charge in [0.25, 0.3) is 5.91 Å². The van der Waals surface area contributed by atoms with Crippen molar-refractivity contribution in [2.45, 2.75) is 5.92 Å². The van der Waals surface area contributed by atoms with E-state index in [0.29, 0.717) is 30.5 Å². The number of rotatable bonds is 4. The van der Waals surface area contributed by atoms with Gasteiger partial charge in [0.2, 0.25) is 11.7 Å². The van der Waals surface area contributed by atoms with Gasteiger partial charge in [-0.05, 0) is 6.07 Å². The molecule has 7 heteroatoms. The zero-order chi connectivity index (χ0) is 18.9. The molecule has 0 saturated carbocycles. The van der Waals surface area contributed by atoms with Gasteiger partial charge in [-0.15, -0.1) is 0 Å². The lowest BCUT2D eigenvalue weighted by molar-refractivity contribution is 0.0563. The van der Waals surface area contributed by atoms with E-state index >= 15 is 0 Å². The van der Waals surface area contributed by atoms with E-state index in [4.69, 9.17) is 4.52 Å². The van der Waals surface area contributed by atoms with E-state index in [0.717, 1.165) is 16.8 Å². The molecule has 1 aliphatic rings. The first-order valence-electron chi connectivity index (χ1n) is 9.07. The van der Waals surface area contributed by atoms with Gasteiger partial charge >= 0.3 is 0 Å². The summed E-state index contributed by atoms with van der Waals surface area (Å²) in [6, 6.07) is 21.2. The quantitative estimate of drug-likeness (QED) is 0.594. The van der Waals surface area contributed by atoms with Crippen LogP contribution in [0, 0.1) is 0 Å². The van der Waals surface area contributed by atoms with Gasteiger partial charge in [-0.3, -0.25) is 9.89 Å². The number of aromatic nitrogens is 4. The van der Waals surface area contributed by atoms with E-state index in [2.05, 4.69) is 20.3 Å². The maximum atomic E-state index is 12.7. The summed E-state index contributed by atoms with van der Waals surface area (Å²) in [7, 11) is 0. The second-order valence-corrected chi connectivity index (χ2v) is 6.76. The summed E-state index contributed by atoms with van der Waals surface area (Å²) in [5, 5.41) is 11.1. The summed E-state index contributed by atoms with van der Waals surface area (Å²) in [5.74, 6) is 1.12. The number of aromatic amines is 1. The average Bonchev–Trinajstić information content (AvgIpc) is 3.38. The Morgan fingerprint density at radius 2 is 1.68 bits per heavy atom. The number of hydrogen-bond acceptors (Lipinski definition) is 5. The third-order valence-electron chi connectivity index (χ3n) is 4.87. The molecule has 0 bridgehead atoms. The Labute approximate surface area is 161 Å². The van der Waals surface area contributed by atoms with Crippen molar-refractivity contribution in [1.29, 1.82) is 0 Å². The molecule has 1 amide bonds. The fourth-order valence-electron chi connectivity index (χ4n) is 3.26. The summed E-state index contributed by atoms with van der Waals surface area (Å²) in [6.07, 6.45) is 0. The molecular weight excluding hydrogens is 354 g/mol. The second-order valence-electron chi connectivity index (χ2n) is 6.76. The molecule has 2 aromatic heterocycles. The van der Waals surface area contributed by atoms with Crippen molar-refractivity contribution < 1.29 is 9.32 Å². The minimum atomic E-state index is -0.0753. The second kappa shape index (κ2) is 6.77. The maximum Gasteiger partial charge on any atom is 0.271 e. The van der Waals surface area contributed by atoms with E-state index in [9.17, 15) is 4.79 Å². The molecule has 1 fully saturated rings. The molecule has 1 saturated heterocycles. The highest BCUT2D eigenvalue weighted by Crippen LogP contribution is 2.29. The van der Waals surface area contributed by atoms with Crippen LogP contribution in [0.15, 0.2) is 71.3 Å². The Balaban J connectivity index is 1.24. The lowest BCUT2D eigenvalue weighted by Gasteiger charge is -2.36. The molecule has 1 N–H and O–H groups in total. The van der Waals surface area contributed by atoms with Crippen molar-refractivity contribution in [2.75, 3.05) is 13.1 Å². The lowest BCUT2D eigenvalue weighted by Crippen LogP contribution is -2.48. The van der Waals surface area contributed by atoms with Crippen LogP contribution in [-0.2, 0) is 0 Å². The number of H-pyrrole nitrogens is 1. The third-order valence-corrected chi connectivity index (χ3v) is 4.87. The Bertz CT molecular complexity index is 1100. The van der Waals surface area contributed by atoms with E-state index in [-0.39, 0.29) is 11.8 Å². The van der Waals surface area contributed by atoms with Crippen molar-refractivity contribution in [2.24, 2.45) is 0 Å². The van der Waals surface area contributed by atoms with Crippen LogP contribution < -0.4 is 0 Å². The summed E-state index contributed by atoms with van der Waals surface area (Å²) in [6.45, 7) is 1.10. The predicted molar refractivity (Wildman–Crippen MR) is 102 cm³/mol. The topological polar surface area (TPSA) is 87.9 Å². The molecule has 5 rings (SSSR count). The maximum absolute atomic E-state index is 12.7.